The second kappa shape index (κ2) is 10.0. The second-order valence-electron chi connectivity index (χ2n) is 9.64. The highest BCUT2D eigenvalue weighted by molar-refractivity contribution is 7.89. The Bertz CT molecular complexity index is 1430. The van der Waals surface area contributed by atoms with Gasteiger partial charge in [-0.25, -0.2) is 13.4 Å². The number of rotatable bonds is 5. The summed E-state index contributed by atoms with van der Waals surface area (Å²) in [5, 5.41) is 3.10. The maximum Gasteiger partial charge on any atom is 0.417 e. The van der Waals surface area contributed by atoms with Crippen molar-refractivity contribution < 1.29 is 26.4 Å². The number of alkyl halides is 3. The minimum Gasteiger partial charge on any atom is -0.367 e. The predicted molar refractivity (Wildman–Crippen MR) is 136 cm³/mol. The SMILES string of the molecule is CC(=O)N1Cc2ccc(-c3ccc(S(=O)(=O)N4CCC(Nc5ccc(C(F)(F)F)cn5)CC4)cc3)cc2C1. The molecule has 0 unspecified atom stereocenters. The van der Waals surface area contributed by atoms with Gasteiger partial charge in [-0.2, -0.15) is 17.5 Å². The molecule has 200 valence electrons. The van der Waals surface area contributed by atoms with Crippen molar-refractivity contribution in [2.75, 3.05) is 18.4 Å². The van der Waals surface area contributed by atoms with Gasteiger partial charge in [-0.1, -0.05) is 24.3 Å². The lowest BCUT2D eigenvalue weighted by molar-refractivity contribution is -0.137. The first kappa shape index (κ1) is 26.2. The average Bonchev–Trinajstić information content (AvgIpc) is 3.33. The molecule has 0 aliphatic carbocycles. The van der Waals surface area contributed by atoms with Crippen molar-refractivity contribution in [3.63, 3.8) is 0 Å². The quantitative estimate of drug-likeness (QED) is 0.495. The van der Waals surface area contributed by atoms with Crippen LogP contribution in [0.15, 0.2) is 65.7 Å². The first-order valence-corrected chi connectivity index (χ1v) is 13.7. The number of nitrogens with one attached hydrogen (secondary N) is 1. The summed E-state index contributed by atoms with van der Waals surface area (Å²) >= 11 is 0. The number of fused-ring (bicyclic) bond motifs is 1. The van der Waals surface area contributed by atoms with Crippen LogP contribution in [0.2, 0.25) is 0 Å². The summed E-state index contributed by atoms with van der Waals surface area (Å²) in [5.74, 6) is 0.365. The van der Waals surface area contributed by atoms with Crippen LogP contribution in [0.1, 0.15) is 36.5 Å². The molecule has 5 rings (SSSR count). The van der Waals surface area contributed by atoms with Crippen LogP contribution in [0.5, 0.6) is 0 Å². The summed E-state index contributed by atoms with van der Waals surface area (Å²) in [6, 6.07) is 15.0. The van der Waals surface area contributed by atoms with E-state index in [4.69, 9.17) is 0 Å². The molecule has 1 amide bonds. The van der Waals surface area contributed by atoms with Crippen LogP contribution >= 0.6 is 0 Å². The van der Waals surface area contributed by atoms with Gasteiger partial charge < -0.3 is 10.2 Å². The lowest BCUT2D eigenvalue weighted by Crippen LogP contribution is -2.42. The molecule has 11 heteroatoms. The van der Waals surface area contributed by atoms with E-state index in [-0.39, 0.29) is 16.8 Å². The number of amides is 1. The molecular formula is C27H27F3N4O3S. The highest BCUT2D eigenvalue weighted by Gasteiger charge is 2.32. The Hall–Kier alpha value is -3.44. The molecule has 2 aromatic carbocycles. The Morgan fingerprint density at radius 2 is 1.61 bits per heavy atom. The number of sulfonamides is 1. The van der Waals surface area contributed by atoms with E-state index in [0.717, 1.165) is 34.5 Å². The minimum absolute atomic E-state index is 0.0355. The van der Waals surface area contributed by atoms with Crippen molar-refractivity contribution in [2.24, 2.45) is 0 Å². The predicted octanol–water partition coefficient (Wildman–Crippen LogP) is 4.89. The monoisotopic (exact) mass is 544 g/mol. The average molecular weight is 545 g/mol. The van der Waals surface area contributed by atoms with Crippen molar-refractivity contribution in [2.45, 2.75) is 50.0 Å². The molecule has 0 saturated carbocycles. The number of hydrogen-bond donors (Lipinski definition) is 1. The fourth-order valence-corrected chi connectivity index (χ4v) is 6.33. The van der Waals surface area contributed by atoms with Gasteiger partial charge >= 0.3 is 6.18 Å². The van der Waals surface area contributed by atoms with Crippen LogP contribution < -0.4 is 5.32 Å². The van der Waals surface area contributed by atoms with Crippen LogP contribution in [0.25, 0.3) is 11.1 Å². The fourth-order valence-electron chi connectivity index (χ4n) is 4.86. The molecule has 1 saturated heterocycles. The maximum atomic E-state index is 13.2. The zero-order valence-corrected chi connectivity index (χ0v) is 21.5. The van der Waals surface area contributed by atoms with E-state index in [9.17, 15) is 26.4 Å². The number of aromatic nitrogens is 1. The molecule has 0 radical (unpaired) electrons. The molecule has 2 aliphatic rings. The van der Waals surface area contributed by atoms with E-state index in [1.807, 2.05) is 18.2 Å². The molecule has 0 atom stereocenters. The molecule has 3 aromatic rings. The van der Waals surface area contributed by atoms with E-state index in [0.29, 0.717) is 44.8 Å². The highest BCUT2D eigenvalue weighted by atomic mass is 32.2. The molecular weight excluding hydrogens is 517 g/mol. The molecule has 1 aromatic heterocycles. The lowest BCUT2D eigenvalue weighted by atomic mass is 10.0. The Balaban J connectivity index is 1.20. The summed E-state index contributed by atoms with van der Waals surface area (Å²) in [5.41, 5.74) is 3.25. The molecule has 1 N–H and O–H groups in total. The number of benzene rings is 2. The van der Waals surface area contributed by atoms with Gasteiger partial charge in [0.1, 0.15) is 5.82 Å². The standard InChI is InChI=1S/C27H27F3N4O3S/c1-18(35)33-16-21-3-2-20(14-22(21)17-33)19-4-7-25(8-5-19)38(36,37)34-12-10-24(11-13-34)32-26-9-6-23(15-31-26)27(28,29)30/h2-9,14-15,24H,10-13,16-17H2,1H3,(H,31,32). The number of anilines is 1. The van der Waals surface area contributed by atoms with E-state index in [2.05, 4.69) is 10.3 Å². The third kappa shape index (κ3) is 5.39. The van der Waals surface area contributed by atoms with Gasteiger partial charge in [-0.3, -0.25) is 4.79 Å². The van der Waals surface area contributed by atoms with Gasteiger partial charge in [-0.05, 0) is 65.4 Å². The smallest absolute Gasteiger partial charge is 0.367 e. The number of piperidine rings is 1. The van der Waals surface area contributed by atoms with E-state index < -0.39 is 21.8 Å². The number of pyridine rings is 1. The van der Waals surface area contributed by atoms with Crippen LogP contribution in [-0.4, -0.2) is 47.6 Å². The Labute approximate surface area is 219 Å². The first-order chi connectivity index (χ1) is 18.0. The van der Waals surface area contributed by atoms with Crippen molar-refractivity contribution in [3.8, 4) is 11.1 Å². The zero-order chi connectivity index (χ0) is 27.1. The van der Waals surface area contributed by atoms with Crippen LogP contribution in [0, 0.1) is 0 Å². The van der Waals surface area contributed by atoms with E-state index >= 15 is 0 Å². The topological polar surface area (TPSA) is 82.6 Å². The Morgan fingerprint density at radius 3 is 2.21 bits per heavy atom. The van der Waals surface area contributed by atoms with Crippen molar-refractivity contribution in [1.82, 2.24) is 14.2 Å². The molecule has 0 spiro atoms. The Morgan fingerprint density at radius 1 is 0.947 bits per heavy atom. The third-order valence-corrected chi connectivity index (χ3v) is 9.01. The van der Waals surface area contributed by atoms with Crippen molar-refractivity contribution >= 4 is 21.7 Å². The number of halogens is 3. The lowest BCUT2D eigenvalue weighted by Gasteiger charge is -2.32. The Kier molecular flexibility index (Phi) is 6.91. The number of hydrogen-bond acceptors (Lipinski definition) is 5. The largest absolute Gasteiger partial charge is 0.417 e. The molecule has 1 fully saturated rings. The van der Waals surface area contributed by atoms with Crippen molar-refractivity contribution in [3.05, 3.63) is 77.5 Å². The summed E-state index contributed by atoms with van der Waals surface area (Å²) in [4.78, 5) is 17.5. The number of carbonyl (C=O) groups is 1. The molecule has 38 heavy (non-hydrogen) atoms. The van der Waals surface area contributed by atoms with Crippen LogP contribution in [0.4, 0.5) is 19.0 Å². The molecule has 3 heterocycles. The van der Waals surface area contributed by atoms with E-state index in [1.54, 1.807) is 36.1 Å². The molecule has 0 bridgehead atoms. The fraction of sp³-hybridized carbons (Fsp3) is 0.333. The van der Waals surface area contributed by atoms with Gasteiger partial charge in [0, 0.05) is 45.3 Å². The first-order valence-electron chi connectivity index (χ1n) is 12.3. The normalized spacial score (nSPS) is 16.9. The highest BCUT2D eigenvalue weighted by Crippen LogP contribution is 2.31. The van der Waals surface area contributed by atoms with Crippen LogP contribution in [-0.2, 0) is 34.1 Å². The summed E-state index contributed by atoms with van der Waals surface area (Å²) in [6.07, 6.45) is -2.64. The maximum absolute atomic E-state index is 13.2. The molecule has 2 aliphatic heterocycles. The van der Waals surface area contributed by atoms with Gasteiger partial charge in [0.25, 0.3) is 0 Å². The van der Waals surface area contributed by atoms with Crippen molar-refractivity contribution in [1.29, 1.82) is 0 Å². The van der Waals surface area contributed by atoms with Gasteiger partial charge in [0.15, 0.2) is 0 Å². The van der Waals surface area contributed by atoms with Gasteiger partial charge in [0.05, 0.1) is 10.5 Å². The zero-order valence-electron chi connectivity index (χ0n) is 20.7. The molecule has 7 nitrogen and oxygen atoms in total. The van der Waals surface area contributed by atoms with Gasteiger partial charge in [-0.15, -0.1) is 0 Å². The summed E-state index contributed by atoms with van der Waals surface area (Å²) in [6.45, 7) is 3.32. The number of carbonyl (C=O) groups excluding carboxylic acids is 1. The second-order valence-corrected chi connectivity index (χ2v) is 11.6. The minimum atomic E-state index is -4.44. The van der Waals surface area contributed by atoms with Crippen LogP contribution in [0.3, 0.4) is 0 Å². The number of nitrogens with zero attached hydrogens (tertiary/aromatic N) is 3. The van der Waals surface area contributed by atoms with E-state index in [1.165, 1.54) is 10.4 Å². The third-order valence-electron chi connectivity index (χ3n) is 7.10. The van der Waals surface area contributed by atoms with Gasteiger partial charge in [0.2, 0.25) is 15.9 Å². The summed E-state index contributed by atoms with van der Waals surface area (Å²) in [7, 11) is -3.68. The summed E-state index contributed by atoms with van der Waals surface area (Å²) < 4.78 is 66.1.